The molecule has 2 atom stereocenters. The molecule has 2 N–H and O–H groups in total. The van der Waals surface area contributed by atoms with Crippen molar-refractivity contribution in [3.63, 3.8) is 0 Å². The molecule has 0 radical (unpaired) electrons. The molecule has 1 aromatic heterocycles. The third-order valence-corrected chi connectivity index (χ3v) is 3.78. The molecule has 2 heterocycles. The lowest BCUT2D eigenvalue weighted by atomic mass is 9.99. The standard InChI is InChI=1S/C15H24N4O3/c1-3-5-16-15-17-8-11(9-18-15)10-19-6-4-12(20)7-13(19)14(21)22-2/h8-9,12-13,20H,3-7,10H2,1-2H3,(H,16,17,18)/t12-,13+/m0/s1. The van der Waals surface area contributed by atoms with Crippen molar-refractivity contribution < 1.29 is 14.6 Å². The van der Waals surface area contributed by atoms with Crippen LogP contribution in [0, 0.1) is 0 Å². The largest absolute Gasteiger partial charge is 0.468 e. The highest BCUT2D eigenvalue weighted by atomic mass is 16.5. The fourth-order valence-electron chi connectivity index (χ4n) is 2.56. The third kappa shape index (κ3) is 4.38. The van der Waals surface area contributed by atoms with Gasteiger partial charge in [0.15, 0.2) is 0 Å². The highest BCUT2D eigenvalue weighted by molar-refractivity contribution is 5.75. The van der Waals surface area contributed by atoms with E-state index in [1.807, 2.05) is 4.90 Å². The normalized spacial score (nSPS) is 22.3. The molecule has 1 fully saturated rings. The fraction of sp³-hybridized carbons (Fsp3) is 0.667. The highest BCUT2D eigenvalue weighted by Gasteiger charge is 2.33. The van der Waals surface area contributed by atoms with E-state index in [4.69, 9.17) is 4.74 Å². The zero-order valence-electron chi connectivity index (χ0n) is 13.2. The van der Waals surface area contributed by atoms with Crippen LogP contribution < -0.4 is 5.32 Å². The van der Waals surface area contributed by atoms with Gasteiger partial charge in [0.1, 0.15) is 6.04 Å². The summed E-state index contributed by atoms with van der Waals surface area (Å²) in [5.41, 5.74) is 0.937. The maximum atomic E-state index is 11.9. The summed E-state index contributed by atoms with van der Waals surface area (Å²) in [6.07, 6.45) is 5.17. The number of nitrogens with zero attached hydrogens (tertiary/aromatic N) is 3. The van der Waals surface area contributed by atoms with Gasteiger partial charge in [0.05, 0.1) is 13.2 Å². The van der Waals surface area contributed by atoms with Crippen molar-refractivity contribution in [2.45, 2.75) is 44.9 Å². The Kier molecular flexibility index (Phi) is 6.09. The number of aliphatic hydroxyl groups is 1. The van der Waals surface area contributed by atoms with Gasteiger partial charge in [0.25, 0.3) is 0 Å². The molecule has 0 spiro atoms. The highest BCUT2D eigenvalue weighted by Crippen LogP contribution is 2.21. The number of hydrogen-bond acceptors (Lipinski definition) is 7. The molecule has 7 heteroatoms. The van der Waals surface area contributed by atoms with Crippen molar-refractivity contribution >= 4 is 11.9 Å². The van der Waals surface area contributed by atoms with Gasteiger partial charge in [-0.2, -0.15) is 0 Å². The Morgan fingerprint density at radius 1 is 1.50 bits per heavy atom. The first-order valence-electron chi connectivity index (χ1n) is 7.68. The zero-order valence-corrected chi connectivity index (χ0v) is 13.2. The van der Waals surface area contributed by atoms with Crippen molar-refractivity contribution in [2.75, 3.05) is 25.5 Å². The average molecular weight is 308 g/mol. The molecule has 0 aliphatic carbocycles. The number of aliphatic hydroxyl groups excluding tert-OH is 1. The Hall–Kier alpha value is -1.73. The molecule has 0 bridgehead atoms. The van der Waals surface area contributed by atoms with Crippen molar-refractivity contribution in [2.24, 2.45) is 0 Å². The zero-order chi connectivity index (χ0) is 15.9. The van der Waals surface area contributed by atoms with E-state index >= 15 is 0 Å². The first-order chi connectivity index (χ1) is 10.6. The van der Waals surface area contributed by atoms with Crippen LogP contribution in [0.4, 0.5) is 5.95 Å². The van der Waals surface area contributed by atoms with E-state index in [0.717, 1.165) is 18.5 Å². The van der Waals surface area contributed by atoms with Crippen LogP contribution in [0.3, 0.4) is 0 Å². The SMILES string of the molecule is CCCNc1ncc(CN2CC[C@H](O)C[C@@H]2C(=O)OC)cn1. The predicted molar refractivity (Wildman–Crippen MR) is 82.3 cm³/mol. The number of carbonyl (C=O) groups excluding carboxylic acids is 1. The molecule has 1 aliphatic rings. The fourth-order valence-corrected chi connectivity index (χ4v) is 2.56. The Morgan fingerprint density at radius 3 is 2.86 bits per heavy atom. The van der Waals surface area contributed by atoms with Gasteiger partial charge >= 0.3 is 5.97 Å². The van der Waals surface area contributed by atoms with Crippen LogP contribution in [0.25, 0.3) is 0 Å². The molecule has 0 amide bonds. The van der Waals surface area contributed by atoms with Gasteiger partial charge < -0.3 is 15.2 Å². The number of carbonyl (C=O) groups is 1. The van der Waals surface area contributed by atoms with Gasteiger partial charge in [-0.25, -0.2) is 9.97 Å². The topological polar surface area (TPSA) is 87.6 Å². The number of nitrogens with one attached hydrogen (secondary N) is 1. The minimum absolute atomic E-state index is 0.305. The lowest BCUT2D eigenvalue weighted by Gasteiger charge is -2.35. The number of esters is 1. The smallest absolute Gasteiger partial charge is 0.323 e. The first-order valence-corrected chi connectivity index (χ1v) is 7.68. The van der Waals surface area contributed by atoms with E-state index in [2.05, 4.69) is 22.2 Å². The molecule has 1 aromatic rings. The predicted octanol–water partition coefficient (Wildman–Crippen LogP) is 0.797. The van der Waals surface area contributed by atoms with Crippen LogP contribution in [0.15, 0.2) is 12.4 Å². The Labute approximate surface area is 130 Å². The average Bonchev–Trinajstić information content (AvgIpc) is 2.55. The number of anilines is 1. The van der Waals surface area contributed by atoms with E-state index in [1.54, 1.807) is 12.4 Å². The Balaban J connectivity index is 1.99. The first kappa shape index (κ1) is 16.6. The second-order valence-corrected chi connectivity index (χ2v) is 5.53. The summed E-state index contributed by atoms with van der Waals surface area (Å²) in [6.45, 7) is 4.14. The molecule has 122 valence electrons. The molecular formula is C15H24N4O3. The van der Waals surface area contributed by atoms with Crippen LogP contribution in [-0.2, 0) is 16.1 Å². The summed E-state index contributed by atoms with van der Waals surface area (Å²) in [7, 11) is 1.37. The maximum absolute atomic E-state index is 11.9. The molecule has 0 aromatic carbocycles. The summed E-state index contributed by atoms with van der Waals surface area (Å²) in [4.78, 5) is 22.4. The number of likely N-dealkylation sites (tertiary alicyclic amines) is 1. The number of hydrogen-bond donors (Lipinski definition) is 2. The van der Waals surface area contributed by atoms with Crippen molar-refractivity contribution in [3.8, 4) is 0 Å². The molecule has 7 nitrogen and oxygen atoms in total. The number of methoxy groups -OCH3 is 1. The van der Waals surface area contributed by atoms with Gasteiger partial charge in [-0.1, -0.05) is 6.92 Å². The van der Waals surface area contributed by atoms with E-state index in [0.29, 0.717) is 31.9 Å². The van der Waals surface area contributed by atoms with Crippen LogP contribution >= 0.6 is 0 Å². The lowest BCUT2D eigenvalue weighted by Crippen LogP contribution is -2.48. The lowest BCUT2D eigenvalue weighted by molar-refractivity contribution is -0.150. The van der Waals surface area contributed by atoms with Gasteiger partial charge in [0, 0.05) is 37.6 Å². The second-order valence-electron chi connectivity index (χ2n) is 5.53. The van der Waals surface area contributed by atoms with Crippen LogP contribution in [0.2, 0.25) is 0 Å². The third-order valence-electron chi connectivity index (χ3n) is 3.78. The summed E-state index contributed by atoms with van der Waals surface area (Å²) >= 11 is 0. The van der Waals surface area contributed by atoms with Gasteiger partial charge in [-0.05, 0) is 19.3 Å². The molecule has 0 unspecified atom stereocenters. The van der Waals surface area contributed by atoms with Gasteiger partial charge in [0.2, 0.25) is 5.95 Å². The summed E-state index contributed by atoms with van der Waals surface area (Å²) < 4.78 is 4.84. The quantitative estimate of drug-likeness (QED) is 0.751. The van der Waals surface area contributed by atoms with Crippen molar-refractivity contribution in [3.05, 3.63) is 18.0 Å². The second kappa shape index (κ2) is 8.05. The van der Waals surface area contributed by atoms with Crippen LogP contribution in [-0.4, -0.2) is 58.3 Å². The summed E-state index contributed by atoms with van der Waals surface area (Å²) in [5, 5.41) is 12.9. The number of piperidine rings is 1. The molecule has 1 aliphatic heterocycles. The van der Waals surface area contributed by atoms with Crippen molar-refractivity contribution in [1.29, 1.82) is 0 Å². The molecular weight excluding hydrogens is 284 g/mol. The van der Waals surface area contributed by atoms with Crippen LogP contribution in [0.5, 0.6) is 0 Å². The van der Waals surface area contributed by atoms with E-state index in [9.17, 15) is 9.90 Å². The van der Waals surface area contributed by atoms with Crippen molar-refractivity contribution in [1.82, 2.24) is 14.9 Å². The summed E-state index contributed by atoms with van der Waals surface area (Å²) in [6, 6.07) is -0.411. The van der Waals surface area contributed by atoms with Gasteiger partial charge in [-0.3, -0.25) is 9.69 Å². The monoisotopic (exact) mass is 308 g/mol. The molecule has 0 saturated carbocycles. The molecule has 2 rings (SSSR count). The maximum Gasteiger partial charge on any atom is 0.323 e. The van der Waals surface area contributed by atoms with Gasteiger partial charge in [-0.15, -0.1) is 0 Å². The van der Waals surface area contributed by atoms with E-state index in [-0.39, 0.29) is 5.97 Å². The van der Waals surface area contributed by atoms with E-state index in [1.165, 1.54) is 7.11 Å². The minimum atomic E-state index is -0.447. The number of rotatable bonds is 6. The molecule has 22 heavy (non-hydrogen) atoms. The van der Waals surface area contributed by atoms with Crippen LogP contribution in [0.1, 0.15) is 31.7 Å². The number of aromatic nitrogens is 2. The Morgan fingerprint density at radius 2 is 2.23 bits per heavy atom. The van der Waals surface area contributed by atoms with E-state index < -0.39 is 12.1 Å². The Bertz CT molecular complexity index is 480. The molecule has 1 saturated heterocycles. The summed E-state index contributed by atoms with van der Waals surface area (Å²) in [5.74, 6) is 0.310. The number of ether oxygens (including phenoxy) is 1. The minimum Gasteiger partial charge on any atom is -0.468 e.